The van der Waals surface area contributed by atoms with Gasteiger partial charge in [0.15, 0.2) is 0 Å². The van der Waals surface area contributed by atoms with E-state index in [1.165, 1.54) is 0 Å². The van der Waals surface area contributed by atoms with Gasteiger partial charge in [0.05, 0.1) is 12.0 Å². The quantitative estimate of drug-likeness (QED) is 0.890. The number of sulfonamides is 1. The predicted octanol–water partition coefficient (Wildman–Crippen LogP) is 3.97. The number of aryl methyl sites for hydroxylation is 4. The van der Waals surface area contributed by atoms with Crippen molar-refractivity contribution >= 4 is 10.0 Å². The summed E-state index contributed by atoms with van der Waals surface area (Å²) in [7, 11) is -2.06. The van der Waals surface area contributed by atoms with Crippen molar-refractivity contribution in [3.05, 3.63) is 58.1 Å². The minimum absolute atomic E-state index is 0.309. The zero-order chi connectivity index (χ0) is 18.1. The van der Waals surface area contributed by atoms with Crippen LogP contribution in [0.4, 0.5) is 0 Å². The molecule has 5 heteroatoms. The molecule has 2 aromatic rings. The molecular weight excluding hydrogens is 322 g/mol. The predicted molar refractivity (Wildman–Crippen MR) is 97.1 cm³/mol. The van der Waals surface area contributed by atoms with Crippen molar-refractivity contribution in [2.24, 2.45) is 0 Å². The molecular formula is C19H25NO3S. The lowest BCUT2D eigenvalue weighted by Gasteiger charge is -2.19. The molecule has 0 aliphatic heterocycles. The second-order valence-electron chi connectivity index (χ2n) is 6.29. The number of methoxy groups -OCH3 is 1. The summed E-state index contributed by atoms with van der Waals surface area (Å²) in [4.78, 5) is 0.320. The Kier molecular flexibility index (Phi) is 5.35. The lowest BCUT2D eigenvalue weighted by Crippen LogP contribution is -2.28. The molecule has 0 amide bonds. The third kappa shape index (κ3) is 3.79. The van der Waals surface area contributed by atoms with E-state index in [2.05, 4.69) is 4.72 Å². The largest absolute Gasteiger partial charge is 0.497 e. The summed E-state index contributed by atoms with van der Waals surface area (Å²) in [6.07, 6.45) is 0. The van der Waals surface area contributed by atoms with Crippen LogP contribution in [0.15, 0.2) is 35.2 Å². The molecule has 0 saturated heterocycles. The van der Waals surface area contributed by atoms with Crippen LogP contribution in [0.1, 0.15) is 40.8 Å². The molecule has 0 radical (unpaired) electrons. The summed E-state index contributed by atoms with van der Waals surface area (Å²) in [5.41, 5.74) is 4.51. The standard InChI is InChI=1S/C19H25NO3S/c1-12-7-8-13(2)18(9-12)16(5)20-24(21,22)19-14(3)10-17(23-6)11-15(19)4/h7-11,16,20H,1-6H3/t16-/m0/s1. The monoisotopic (exact) mass is 347 g/mol. The Hall–Kier alpha value is -1.85. The van der Waals surface area contributed by atoms with Gasteiger partial charge in [-0.05, 0) is 69.0 Å². The summed E-state index contributed by atoms with van der Waals surface area (Å²) in [6.45, 7) is 9.43. The molecule has 2 rings (SSSR count). The molecule has 24 heavy (non-hydrogen) atoms. The van der Waals surface area contributed by atoms with Gasteiger partial charge in [0.1, 0.15) is 5.75 Å². The average molecular weight is 347 g/mol. The van der Waals surface area contributed by atoms with Gasteiger partial charge in [0.2, 0.25) is 10.0 Å². The molecule has 0 fully saturated rings. The average Bonchev–Trinajstić information content (AvgIpc) is 2.47. The maximum Gasteiger partial charge on any atom is 0.241 e. The number of hydrogen-bond acceptors (Lipinski definition) is 3. The van der Waals surface area contributed by atoms with E-state index in [0.29, 0.717) is 21.8 Å². The molecule has 2 aromatic carbocycles. The van der Waals surface area contributed by atoms with Crippen molar-refractivity contribution in [1.82, 2.24) is 4.72 Å². The molecule has 4 nitrogen and oxygen atoms in total. The highest BCUT2D eigenvalue weighted by molar-refractivity contribution is 7.89. The second kappa shape index (κ2) is 6.95. The van der Waals surface area contributed by atoms with Crippen molar-refractivity contribution in [2.75, 3.05) is 7.11 Å². The third-order valence-corrected chi connectivity index (χ3v) is 6.02. The first-order valence-electron chi connectivity index (χ1n) is 7.90. The fraction of sp³-hybridized carbons (Fsp3) is 0.368. The highest BCUT2D eigenvalue weighted by atomic mass is 32.2. The number of ether oxygens (including phenoxy) is 1. The Balaban J connectivity index is 2.40. The van der Waals surface area contributed by atoms with E-state index in [9.17, 15) is 8.42 Å². The van der Waals surface area contributed by atoms with Crippen molar-refractivity contribution in [1.29, 1.82) is 0 Å². The van der Waals surface area contributed by atoms with Crippen LogP contribution in [-0.4, -0.2) is 15.5 Å². The first kappa shape index (κ1) is 18.5. The molecule has 0 bridgehead atoms. The molecule has 0 aliphatic carbocycles. The molecule has 0 aromatic heterocycles. The van der Waals surface area contributed by atoms with E-state index in [0.717, 1.165) is 16.7 Å². The first-order chi connectivity index (χ1) is 11.2. The van der Waals surface area contributed by atoms with Crippen molar-refractivity contribution < 1.29 is 13.2 Å². The Morgan fingerprint density at radius 2 is 1.54 bits per heavy atom. The minimum Gasteiger partial charge on any atom is -0.497 e. The molecule has 1 N–H and O–H groups in total. The van der Waals surface area contributed by atoms with Crippen LogP contribution in [0.5, 0.6) is 5.75 Å². The second-order valence-corrected chi connectivity index (χ2v) is 7.94. The van der Waals surface area contributed by atoms with Gasteiger partial charge in [-0.3, -0.25) is 0 Å². The smallest absolute Gasteiger partial charge is 0.241 e. The van der Waals surface area contributed by atoms with Gasteiger partial charge >= 0.3 is 0 Å². The van der Waals surface area contributed by atoms with E-state index < -0.39 is 10.0 Å². The van der Waals surface area contributed by atoms with Crippen molar-refractivity contribution in [2.45, 2.75) is 45.6 Å². The van der Waals surface area contributed by atoms with Gasteiger partial charge in [-0.15, -0.1) is 0 Å². The van der Waals surface area contributed by atoms with Crippen LogP contribution < -0.4 is 9.46 Å². The van der Waals surface area contributed by atoms with Crippen molar-refractivity contribution in [3.63, 3.8) is 0 Å². The summed E-state index contributed by atoms with van der Waals surface area (Å²) in [5, 5.41) is 0. The minimum atomic E-state index is -3.63. The zero-order valence-electron chi connectivity index (χ0n) is 15.1. The molecule has 1 atom stereocenters. The Morgan fingerprint density at radius 1 is 0.958 bits per heavy atom. The molecule has 130 valence electrons. The number of hydrogen-bond donors (Lipinski definition) is 1. The number of benzene rings is 2. The summed E-state index contributed by atoms with van der Waals surface area (Å²) < 4.78 is 33.8. The van der Waals surface area contributed by atoms with Gasteiger partial charge in [0.25, 0.3) is 0 Å². The van der Waals surface area contributed by atoms with Crippen LogP contribution >= 0.6 is 0 Å². The van der Waals surface area contributed by atoms with E-state index in [1.807, 2.05) is 39.0 Å². The fourth-order valence-electron chi connectivity index (χ4n) is 3.03. The number of rotatable bonds is 5. The van der Waals surface area contributed by atoms with E-state index in [-0.39, 0.29) is 6.04 Å². The van der Waals surface area contributed by atoms with Gasteiger partial charge in [0, 0.05) is 6.04 Å². The maximum atomic E-state index is 12.9. The van der Waals surface area contributed by atoms with Crippen LogP contribution in [0.3, 0.4) is 0 Å². The van der Waals surface area contributed by atoms with Crippen LogP contribution in [-0.2, 0) is 10.0 Å². The molecule has 0 spiro atoms. The van der Waals surface area contributed by atoms with Crippen LogP contribution in [0.2, 0.25) is 0 Å². The Morgan fingerprint density at radius 3 is 2.08 bits per heavy atom. The van der Waals surface area contributed by atoms with Crippen molar-refractivity contribution in [3.8, 4) is 5.75 Å². The summed E-state index contributed by atoms with van der Waals surface area (Å²) in [6, 6.07) is 9.23. The summed E-state index contributed by atoms with van der Waals surface area (Å²) in [5.74, 6) is 0.659. The first-order valence-corrected chi connectivity index (χ1v) is 9.38. The van der Waals surface area contributed by atoms with Crippen LogP contribution in [0, 0.1) is 27.7 Å². The van der Waals surface area contributed by atoms with Gasteiger partial charge in [-0.25, -0.2) is 13.1 Å². The Bertz CT molecular complexity index is 834. The summed E-state index contributed by atoms with van der Waals surface area (Å²) >= 11 is 0. The number of nitrogens with one attached hydrogen (secondary N) is 1. The Labute approximate surface area is 144 Å². The lowest BCUT2D eigenvalue weighted by molar-refractivity contribution is 0.413. The van der Waals surface area contributed by atoms with E-state index >= 15 is 0 Å². The van der Waals surface area contributed by atoms with E-state index in [4.69, 9.17) is 4.74 Å². The highest BCUT2D eigenvalue weighted by Gasteiger charge is 2.23. The van der Waals surface area contributed by atoms with E-state index in [1.54, 1.807) is 33.1 Å². The zero-order valence-corrected chi connectivity index (χ0v) is 15.9. The third-order valence-electron chi connectivity index (χ3n) is 4.17. The highest BCUT2D eigenvalue weighted by Crippen LogP contribution is 2.28. The molecule has 0 unspecified atom stereocenters. The SMILES string of the molecule is COc1cc(C)c(S(=O)(=O)N[C@@H](C)c2cc(C)ccc2C)c(C)c1. The normalized spacial score (nSPS) is 12.9. The lowest BCUT2D eigenvalue weighted by atomic mass is 10.0. The molecule has 0 heterocycles. The molecule has 0 aliphatic rings. The topological polar surface area (TPSA) is 55.4 Å². The van der Waals surface area contributed by atoms with Gasteiger partial charge in [-0.2, -0.15) is 0 Å². The van der Waals surface area contributed by atoms with Gasteiger partial charge < -0.3 is 4.74 Å². The van der Waals surface area contributed by atoms with Gasteiger partial charge in [-0.1, -0.05) is 23.8 Å². The fourth-order valence-corrected chi connectivity index (χ4v) is 4.71. The maximum absolute atomic E-state index is 12.9. The molecule has 0 saturated carbocycles. The van der Waals surface area contributed by atoms with Crippen LogP contribution in [0.25, 0.3) is 0 Å².